The lowest BCUT2D eigenvalue weighted by atomic mass is 9.92. The molecule has 5 aromatic heterocycles. The Bertz CT molecular complexity index is 2090. The molecule has 0 N–H and O–H groups in total. The van der Waals surface area contributed by atoms with Crippen LogP contribution in [0.5, 0.6) is 0 Å². The summed E-state index contributed by atoms with van der Waals surface area (Å²) in [5.41, 5.74) is 10.6. The SMILES string of the molecule is c1ccc(-c2nc3cc(-c4ccc5ncccc5c4)c(-c4ccc5ncccc5c4)cc3nc2-c2ccccn2)nc1. The first kappa shape index (κ1) is 24.0. The molecular weight excluding hydrogens is 516 g/mol. The zero-order valence-electron chi connectivity index (χ0n) is 22.4. The van der Waals surface area contributed by atoms with Crippen molar-refractivity contribution in [2.24, 2.45) is 0 Å². The van der Waals surface area contributed by atoms with Gasteiger partial charge < -0.3 is 0 Å². The fraction of sp³-hybridized carbons (Fsp3) is 0. The van der Waals surface area contributed by atoms with Crippen molar-refractivity contribution >= 4 is 32.8 Å². The molecule has 42 heavy (non-hydrogen) atoms. The third kappa shape index (κ3) is 4.22. The minimum Gasteiger partial charge on any atom is -0.256 e. The number of pyridine rings is 4. The molecule has 0 unspecified atom stereocenters. The average molecular weight is 539 g/mol. The van der Waals surface area contributed by atoms with Crippen LogP contribution in [-0.2, 0) is 0 Å². The van der Waals surface area contributed by atoms with Gasteiger partial charge in [0.2, 0.25) is 0 Å². The monoisotopic (exact) mass is 538 g/mol. The summed E-state index contributed by atoms with van der Waals surface area (Å²) in [6.07, 6.45) is 7.19. The molecule has 0 saturated carbocycles. The van der Waals surface area contributed by atoms with Gasteiger partial charge in [0.05, 0.1) is 33.5 Å². The lowest BCUT2D eigenvalue weighted by molar-refractivity contribution is 1.21. The Morgan fingerprint density at radius 3 is 1.29 bits per heavy atom. The molecule has 0 spiro atoms. The van der Waals surface area contributed by atoms with Crippen molar-refractivity contribution in [3.63, 3.8) is 0 Å². The molecule has 0 aliphatic heterocycles. The molecule has 8 rings (SSSR count). The van der Waals surface area contributed by atoms with Gasteiger partial charge in [-0.3, -0.25) is 19.9 Å². The highest BCUT2D eigenvalue weighted by Gasteiger charge is 2.18. The van der Waals surface area contributed by atoms with Crippen LogP contribution in [0.25, 0.3) is 77.9 Å². The Kier molecular flexibility index (Phi) is 5.67. The van der Waals surface area contributed by atoms with Crippen LogP contribution in [0.1, 0.15) is 0 Å². The smallest absolute Gasteiger partial charge is 0.117 e. The van der Waals surface area contributed by atoms with Crippen molar-refractivity contribution in [1.82, 2.24) is 29.9 Å². The Hall–Kier alpha value is -5.88. The summed E-state index contributed by atoms with van der Waals surface area (Å²) in [5, 5.41) is 2.16. The molecule has 6 heteroatoms. The van der Waals surface area contributed by atoms with E-state index in [4.69, 9.17) is 9.97 Å². The summed E-state index contributed by atoms with van der Waals surface area (Å²) >= 11 is 0. The number of fused-ring (bicyclic) bond motifs is 3. The molecule has 6 nitrogen and oxygen atoms in total. The summed E-state index contributed by atoms with van der Waals surface area (Å²) in [7, 11) is 0. The van der Waals surface area contributed by atoms with E-state index in [1.807, 2.05) is 60.9 Å². The minimum atomic E-state index is 0.694. The molecule has 0 bridgehead atoms. The summed E-state index contributed by atoms with van der Waals surface area (Å²) in [6.45, 7) is 0. The standard InChI is InChI=1S/C36H22N6/c1-3-15-39-31(9-1)35-36(32-10-2-4-16-40-32)42-34-22-28(24-12-14-30-26(20-24)8-6-18-38-30)27(21-33(34)41-35)23-11-13-29-25(19-23)7-5-17-37-29/h1-22H. The van der Waals surface area contributed by atoms with E-state index in [-0.39, 0.29) is 0 Å². The van der Waals surface area contributed by atoms with E-state index < -0.39 is 0 Å². The Balaban J connectivity index is 1.43. The Morgan fingerprint density at radius 2 is 0.833 bits per heavy atom. The number of nitrogens with zero attached hydrogens (tertiary/aromatic N) is 6. The van der Waals surface area contributed by atoms with Crippen LogP contribution in [0, 0.1) is 0 Å². The maximum Gasteiger partial charge on any atom is 0.117 e. The number of hydrogen-bond acceptors (Lipinski definition) is 6. The number of benzene rings is 3. The molecule has 0 fully saturated rings. The molecule has 0 aliphatic rings. The first-order valence-electron chi connectivity index (χ1n) is 13.7. The van der Waals surface area contributed by atoms with Gasteiger partial charge in [0.15, 0.2) is 0 Å². The van der Waals surface area contributed by atoms with Crippen LogP contribution in [-0.4, -0.2) is 29.9 Å². The van der Waals surface area contributed by atoms with E-state index in [2.05, 4.69) is 80.6 Å². The van der Waals surface area contributed by atoms with Gasteiger partial charge >= 0.3 is 0 Å². The van der Waals surface area contributed by atoms with Crippen LogP contribution in [0.15, 0.2) is 134 Å². The Labute approximate surface area is 241 Å². The maximum atomic E-state index is 5.17. The average Bonchev–Trinajstić information content (AvgIpc) is 3.07. The number of rotatable bonds is 4. The lowest BCUT2D eigenvalue weighted by Gasteiger charge is -2.15. The predicted molar refractivity (Wildman–Crippen MR) is 167 cm³/mol. The second-order valence-corrected chi connectivity index (χ2v) is 10.1. The first-order valence-corrected chi connectivity index (χ1v) is 13.7. The maximum absolute atomic E-state index is 5.17. The second kappa shape index (κ2) is 9.94. The summed E-state index contributed by atoms with van der Waals surface area (Å²) < 4.78 is 0. The second-order valence-electron chi connectivity index (χ2n) is 10.1. The minimum absolute atomic E-state index is 0.694. The van der Waals surface area contributed by atoms with Gasteiger partial charge in [-0.2, -0.15) is 0 Å². The highest BCUT2D eigenvalue weighted by atomic mass is 14.9. The van der Waals surface area contributed by atoms with Crippen molar-refractivity contribution in [2.45, 2.75) is 0 Å². The molecule has 0 saturated heterocycles. The first-order chi connectivity index (χ1) is 20.8. The molecule has 0 amide bonds. The molecule has 0 aliphatic carbocycles. The highest BCUT2D eigenvalue weighted by Crippen LogP contribution is 2.38. The molecular formula is C36H22N6. The summed E-state index contributed by atoms with van der Waals surface area (Å²) in [5.74, 6) is 0. The molecule has 196 valence electrons. The van der Waals surface area contributed by atoms with E-state index >= 15 is 0 Å². The quantitative estimate of drug-likeness (QED) is 0.225. The van der Waals surface area contributed by atoms with Crippen LogP contribution in [0.2, 0.25) is 0 Å². The van der Waals surface area contributed by atoms with Crippen LogP contribution >= 0.6 is 0 Å². The van der Waals surface area contributed by atoms with E-state index in [0.717, 1.165) is 66.5 Å². The topological polar surface area (TPSA) is 77.3 Å². The van der Waals surface area contributed by atoms with Crippen LogP contribution in [0.4, 0.5) is 0 Å². The van der Waals surface area contributed by atoms with Crippen LogP contribution in [0.3, 0.4) is 0 Å². The molecule has 3 aromatic carbocycles. The molecule has 0 atom stereocenters. The third-order valence-electron chi connectivity index (χ3n) is 7.45. The zero-order chi connectivity index (χ0) is 27.9. The van der Waals surface area contributed by atoms with Gasteiger partial charge in [0.25, 0.3) is 0 Å². The fourth-order valence-corrected chi connectivity index (χ4v) is 5.43. The number of hydrogen-bond donors (Lipinski definition) is 0. The van der Waals surface area contributed by atoms with Gasteiger partial charge in [-0.25, -0.2) is 9.97 Å². The van der Waals surface area contributed by atoms with E-state index in [0.29, 0.717) is 11.4 Å². The van der Waals surface area contributed by atoms with E-state index in [1.165, 1.54) is 0 Å². The normalized spacial score (nSPS) is 11.3. The van der Waals surface area contributed by atoms with Gasteiger partial charge in [-0.05, 0) is 95.1 Å². The molecule has 0 radical (unpaired) electrons. The van der Waals surface area contributed by atoms with Gasteiger partial charge in [-0.15, -0.1) is 0 Å². The van der Waals surface area contributed by atoms with E-state index in [1.54, 1.807) is 12.4 Å². The van der Waals surface area contributed by atoms with Crippen molar-refractivity contribution in [3.05, 3.63) is 134 Å². The van der Waals surface area contributed by atoms with Crippen molar-refractivity contribution in [1.29, 1.82) is 0 Å². The fourth-order valence-electron chi connectivity index (χ4n) is 5.43. The highest BCUT2D eigenvalue weighted by molar-refractivity contribution is 5.98. The summed E-state index contributed by atoms with van der Waals surface area (Å²) in [4.78, 5) is 28.6. The van der Waals surface area contributed by atoms with Crippen molar-refractivity contribution < 1.29 is 0 Å². The molecule has 8 aromatic rings. The van der Waals surface area contributed by atoms with Crippen molar-refractivity contribution in [3.8, 4) is 45.0 Å². The third-order valence-corrected chi connectivity index (χ3v) is 7.45. The van der Waals surface area contributed by atoms with Gasteiger partial charge in [-0.1, -0.05) is 36.4 Å². The largest absolute Gasteiger partial charge is 0.256 e. The zero-order valence-corrected chi connectivity index (χ0v) is 22.4. The van der Waals surface area contributed by atoms with Crippen molar-refractivity contribution in [2.75, 3.05) is 0 Å². The van der Waals surface area contributed by atoms with Gasteiger partial charge in [0.1, 0.15) is 11.4 Å². The summed E-state index contributed by atoms with van der Waals surface area (Å²) in [6, 6.07) is 36.8. The van der Waals surface area contributed by atoms with Gasteiger partial charge in [0, 0.05) is 35.6 Å². The predicted octanol–water partition coefficient (Wildman–Crippen LogP) is 8.18. The Morgan fingerprint density at radius 1 is 0.357 bits per heavy atom. The molecule has 5 heterocycles. The van der Waals surface area contributed by atoms with Crippen LogP contribution < -0.4 is 0 Å². The lowest BCUT2D eigenvalue weighted by Crippen LogP contribution is -1.99. The number of aromatic nitrogens is 6. The van der Waals surface area contributed by atoms with E-state index in [9.17, 15) is 0 Å².